The van der Waals surface area contributed by atoms with Crippen LogP contribution in [0.5, 0.6) is 0 Å². The summed E-state index contributed by atoms with van der Waals surface area (Å²) in [5.74, 6) is -0.926. The van der Waals surface area contributed by atoms with E-state index in [1.54, 1.807) is 0 Å². The van der Waals surface area contributed by atoms with Gasteiger partial charge in [0.05, 0.1) is 38.3 Å². The standard InChI is InChI=1S/C55H103NO11Si2/c1-9-11-13-15-17-19-20-22-24-26-31-35-48(65-45-62-43-46-32-28-27-29-33-46)41-51(59)67-54-52(55(63-37-39-69(6,7)8)66-49(42-57)53(54)60)56-50(58)40-47(64-44-61-36-38-68(3,4)5)34-30-25-23-21-18-16-14-12-10-2/h27-29,32-33,47-49,52-55,57,60H,9-26,30-31,34-45H2,1-8H3,(H,56,58)/t47?,48?,49-,52-,53-,54-,55-/m1/s1. The Morgan fingerprint density at radius 3 is 1.64 bits per heavy atom. The molecular weight excluding hydrogens is 907 g/mol. The number of benzene rings is 1. The number of hydrogen-bond donors (Lipinski definition) is 3. The SMILES string of the molecule is CCCCCCCCCCCCCC(CC(=O)O[C@H]1[C@H](O)[C@@H](CO)O[C@@H](OCC[Si](C)(C)C)[C@@H]1NC(=O)CC(CCCCCCCCCCC)OCOCC[Si](C)(C)C)OCOCc1ccccc1. The van der Waals surface area contributed by atoms with Crippen molar-refractivity contribution in [3.05, 3.63) is 35.9 Å². The molecule has 1 aromatic rings. The van der Waals surface area contributed by atoms with E-state index in [9.17, 15) is 19.8 Å². The zero-order valence-corrected chi connectivity index (χ0v) is 47.1. The molecule has 1 heterocycles. The van der Waals surface area contributed by atoms with Crippen LogP contribution in [0.1, 0.15) is 174 Å². The molecule has 69 heavy (non-hydrogen) atoms. The summed E-state index contributed by atoms with van der Waals surface area (Å²) in [5.41, 5.74) is 1.02. The molecule has 1 aliphatic heterocycles. The van der Waals surface area contributed by atoms with Crippen LogP contribution in [-0.4, -0.2) is 114 Å². The van der Waals surface area contributed by atoms with Gasteiger partial charge in [0, 0.05) is 29.4 Å². The molecule has 3 N–H and O–H groups in total. The van der Waals surface area contributed by atoms with Crippen LogP contribution in [0.15, 0.2) is 30.3 Å². The molecule has 12 nitrogen and oxygen atoms in total. The van der Waals surface area contributed by atoms with Gasteiger partial charge in [-0.1, -0.05) is 212 Å². The zero-order chi connectivity index (χ0) is 50.6. The molecule has 1 aromatic carbocycles. The molecular formula is C55H103NO11Si2. The Morgan fingerprint density at radius 2 is 1.13 bits per heavy atom. The Bertz CT molecular complexity index is 1400. The summed E-state index contributed by atoms with van der Waals surface area (Å²) in [6.07, 6.45) is 19.6. The highest BCUT2D eigenvalue weighted by molar-refractivity contribution is 6.76. The highest BCUT2D eigenvalue weighted by atomic mass is 28.3. The van der Waals surface area contributed by atoms with Crippen LogP contribution in [0.2, 0.25) is 51.4 Å². The predicted molar refractivity (Wildman–Crippen MR) is 285 cm³/mol. The van der Waals surface area contributed by atoms with Crippen molar-refractivity contribution in [3.63, 3.8) is 0 Å². The van der Waals surface area contributed by atoms with E-state index in [1.807, 2.05) is 30.3 Å². The van der Waals surface area contributed by atoms with Gasteiger partial charge in [0.2, 0.25) is 5.91 Å². The molecule has 2 unspecified atom stereocenters. The predicted octanol–water partition coefficient (Wildman–Crippen LogP) is 12.5. The van der Waals surface area contributed by atoms with Crippen molar-refractivity contribution < 1.29 is 53.0 Å². The largest absolute Gasteiger partial charge is 0.457 e. The molecule has 0 bridgehead atoms. The van der Waals surface area contributed by atoms with Gasteiger partial charge in [-0.15, -0.1) is 0 Å². The highest BCUT2D eigenvalue weighted by Crippen LogP contribution is 2.27. The van der Waals surface area contributed by atoms with E-state index in [0.717, 1.165) is 56.2 Å². The molecule has 2 rings (SSSR count). The molecule has 1 fully saturated rings. The minimum atomic E-state index is -1.54. The molecule has 0 aromatic heterocycles. The van der Waals surface area contributed by atoms with E-state index in [0.29, 0.717) is 32.7 Å². The first-order chi connectivity index (χ1) is 33.2. The second kappa shape index (κ2) is 38.8. The summed E-state index contributed by atoms with van der Waals surface area (Å²) in [7, 11) is -2.83. The lowest BCUT2D eigenvalue weighted by Crippen LogP contribution is -2.66. The summed E-state index contributed by atoms with van der Waals surface area (Å²) in [6.45, 7) is 19.1. The van der Waals surface area contributed by atoms with Crippen LogP contribution in [0, 0.1) is 0 Å². The van der Waals surface area contributed by atoms with Crippen molar-refractivity contribution in [3.8, 4) is 0 Å². The molecule has 0 saturated carbocycles. The van der Waals surface area contributed by atoms with Gasteiger partial charge in [-0.25, -0.2) is 0 Å². The average Bonchev–Trinajstić information content (AvgIpc) is 3.30. The smallest absolute Gasteiger partial charge is 0.308 e. The molecule has 0 aliphatic carbocycles. The maximum Gasteiger partial charge on any atom is 0.308 e. The Hall–Kier alpha value is -1.73. The number of ether oxygens (including phenoxy) is 7. The zero-order valence-electron chi connectivity index (χ0n) is 45.1. The number of rotatable bonds is 44. The number of amides is 1. The third-order valence-electron chi connectivity index (χ3n) is 13.0. The summed E-state index contributed by atoms with van der Waals surface area (Å²) in [4.78, 5) is 28.2. The summed E-state index contributed by atoms with van der Waals surface area (Å²) in [5, 5.41) is 25.1. The Kier molecular flexibility index (Phi) is 35.7. The van der Waals surface area contributed by atoms with Gasteiger partial charge in [-0.05, 0) is 30.5 Å². The topological polar surface area (TPSA) is 151 Å². The highest BCUT2D eigenvalue weighted by Gasteiger charge is 2.49. The summed E-state index contributed by atoms with van der Waals surface area (Å²) in [6, 6.07) is 10.7. The number of nitrogens with one attached hydrogen (secondary N) is 1. The fourth-order valence-electron chi connectivity index (χ4n) is 8.49. The van der Waals surface area contributed by atoms with Crippen molar-refractivity contribution in [1.82, 2.24) is 5.32 Å². The van der Waals surface area contributed by atoms with Crippen LogP contribution in [0.3, 0.4) is 0 Å². The number of unbranched alkanes of at least 4 members (excludes halogenated alkanes) is 18. The maximum absolute atomic E-state index is 14.1. The average molecular weight is 1010 g/mol. The molecule has 0 spiro atoms. The molecule has 7 atom stereocenters. The quantitative estimate of drug-likeness (QED) is 0.0248. The number of carbonyl (C=O) groups excluding carboxylic acids is 2. The van der Waals surface area contributed by atoms with E-state index in [1.165, 1.54) is 89.9 Å². The van der Waals surface area contributed by atoms with E-state index >= 15 is 0 Å². The number of aliphatic hydroxyl groups excluding tert-OH is 2. The van der Waals surface area contributed by atoms with Gasteiger partial charge in [-0.2, -0.15) is 0 Å². The van der Waals surface area contributed by atoms with E-state index in [4.69, 9.17) is 33.2 Å². The molecule has 1 amide bonds. The van der Waals surface area contributed by atoms with Crippen molar-refractivity contribution in [2.75, 3.05) is 33.4 Å². The van der Waals surface area contributed by atoms with Crippen LogP contribution < -0.4 is 5.32 Å². The van der Waals surface area contributed by atoms with E-state index in [2.05, 4.69) is 58.4 Å². The lowest BCUT2D eigenvalue weighted by atomic mass is 9.96. The van der Waals surface area contributed by atoms with Crippen molar-refractivity contribution >= 4 is 28.0 Å². The molecule has 0 radical (unpaired) electrons. The van der Waals surface area contributed by atoms with Crippen molar-refractivity contribution in [1.29, 1.82) is 0 Å². The third kappa shape index (κ3) is 32.9. The van der Waals surface area contributed by atoms with Gasteiger partial charge in [0.15, 0.2) is 12.4 Å². The Balaban J connectivity index is 2.20. The molecule has 1 aliphatic rings. The van der Waals surface area contributed by atoms with Crippen LogP contribution in [-0.2, 0) is 49.4 Å². The molecule has 402 valence electrons. The fraction of sp³-hybridized carbons (Fsp3) is 0.855. The first-order valence-electron chi connectivity index (χ1n) is 27.6. The van der Waals surface area contributed by atoms with E-state index in [-0.39, 0.29) is 32.3 Å². The molecule has 14 heteroatoms. The minimum absolute atomic E-state index is 0.00861. The van der Waals surface area contributed by atoms with Crippen LogP contribution in [0.25, 0.3) is 0 Å². The van der Waals surface area contributed by atoms with Gasteiger partial charge in [0.1, 0.15) is 31.8 Å². The second-order valence-corrected chi connectivity index (χ2v) is 33.4. The van der Waals surface area contributed by atoms with Gasteiger partial charge in [-0.3, -0.25) is 9.59 Å². The summed E-state index contributed by atoms with van der Waals surface area (Å²) >= 11 is 0. The first kappa shape index (κ1) is 63.4. The minimum Gasteiger partial charge on any atom is -0.457 e. The number of aliphatic hydroxyl groups is 2. The number of esters is 1. The van der Waals surface area contributed by atoms with Gasteiger partial charge in [0.25, 0.3) is 0 Å². The Morgan fingerprint density at radius 1 is 0.652 bits per heavy atom. The lowest BCUT2D eigenvalue weighted by Gasteiger charge is -2.44. The van der Waals surface area contributed by atoms with Crippen molar-refractivity contribution in [2.24, 2.45) is 0 Å². The Labute approximate surface area is 422 Å². The monoisotopic (exact) mass is 1010 g/mol. The number of hydrogen-bond acceptors (Lipinski definition) is 11. The van der Waals surface area contributed by atoms with Crippen LogP contribution >= 0.6 is 0 Å². The third-order valence-corrected chi connectivity index (χ3v) is 16.4. The normalized spacial score (nSPS) is 19.7. The number of carbonyl (C=O) groups is 2. The fourth-order valence-corrected chi connectivity index (χ4v) is 9.98. The first-order valence-corrected chi connectivity index (χ1v) is 35.0. The van der Waals surface area contributed by atoms with Gasteiger partial charge >= 0.3 is 5.97 Å². The molecule has 1 saturated heterocycles. The summed E-state index contributed by atoms with van der Waals surface area (Å²) < 4.78 is 42.9. The van der Waals surface area contributed by atoms with Crippen molar-refractivity contribution in [2.45, 2.75) is 269 Å². The van der Waals surface area contributed by atoms with Crippen LogP contribution in [0.4, 0.5) is 0 Å². The second-order valence-electron chi connectivity index (χ2n) is 22.2. The lowest BCUT2D eigenvalue weighted by molar-refractivity contribution is -0.273. The van der Waals surface area contributed by atoms with E-state index < -0.39 is 71.6 Å². The van der Waals surface area contributed by atoms with Gasteiger partial charge < -0.3 is 48.7 Å². The maximum atomic E-state index is 14.1.